The van der Waals surface area contributed by atoms with Crippen molar-refractivity contribution in [2.75, 3.05) is 19.8 Å². The van der Waals surface area contributed by atoms with E-state index in [1.54, 1.807) is 36.4 Å². The molecule has 2 aromatic carbocycles. The van der Waals surface area contributed by atoms with E-state index in [1.165, 1.54) is 44.4 Å². The Kier molecular flexibility index (Phi) is 11.2. The van der Waals surface area contributed by atoms with Gasteiger partial charge in [0, 0.05) is 31.0 Å². The monoisotopic (exact) mass is 427 g/mol. The first kappa shape index (κ1) is 24.4. The molecule has 0 aliphatic rings. The summed E-state index contributed by atoms with van der Waals surface area (Å²) in [5, 5.41) is 18.8. The lowest BCUT2D eigenvalue weighted by atomic mass is 10.1. The quantitative estimate of drug-likeness (QED) is 0.188. The lowest BCUT2D eigenvalue weighted by Crippen LogP contribution is -2.08. The van der Waals surface area contributed by atoms with E-state index >= 15 is 0 Å². The molecule has 0 amide bonds. The molecule has 0 saturated heterocycles. The topological polar surface area (TPSA) is 88.4 Å². The lowest BCUT2D eigenvalue weighted by molar-refractivity contribution is 0.0734. The van der Waals surface area contributed by atoms with Crippen LogP contribution in [-0.4, -0.2) is 42.2 Å². The summed E-state index contributed by atoms with van der Waals surface area (Å²) in [6.45, 7) is 3.43. The second-order valence-electron chi connectivity index (χ2n) is 7.36. The van der Waals surface area contributed by atoms with E-state index < -0.39 is 5.97 Å². The van der Waals surface area contributed by atoms with Crippen LogP contribution in [0.4, 0.5) is 0 Å². The number of aliphatic hydroxyl groups excluding tert-OH is 1. The fourth-order valence-electron chi connectivity index (χ4n) is 2.95. The largest absolute Gasteiger partial charge is 0.507 e. The second kappa shape index (κ2) is 14.2. The van der Waals surface area contributed by atoms with Gasteiger partial charge in [0.1, 0.15) is 17.2 Å². The molecule has 168 valence electrons. The number of aliphatic hydroxyl groups is 1. The molecule has 0 radical (unpaired) electrons. The molecule has 0 aliphatic carbocycles. The zero-order valence-corrected chi connectivity index (χ0v) is 18.3. The third kappa shape index (κ3) is 9.22. The summed E-state index contributed by atoms with van der Waals surface area (Å²) in [5.74, 6) is 0.439. The van der Waals surface area contributed by atoms with Crippen molar-refractivity contribution in [3.8, 4) is 17.2 Å². The Labute approximate surface area is 184 Å². The van der Waals surface area contributed by atoms with Crippen LogP contribution >= 0.6 is 0 Å². The predicted molar refractivity (Wildman–Crippen MR) is 123 cm³/mol. The third-order valence-corrected chi connectivity index (χ3v) is 4.74. The minimum atomic E-state index is -0.508. The van der Waals surface area contributed by atoms with E-state index in [0.717, 1.165) is 12.2 Å². The van der Waals surface area contributed by atoms with Gasteiger partial charge in [-0.15, -0.1) is 0 Å². The zero-order valence-electron chi connectivity index (χ0n) is 18.3. The Morgan fingerprint density at radius 2 is 1.68 bits per heavy atom. The summed E-state index contributed by atoms with van der Waals surface area (Å²) in [7, 11) is 0. The third-order valence-electron chi connectivity index (χ3n) is 4.74. The van der Waals surface area contributed by atoms with Crippen LogP contribution in [0.3, 0.4) is 0 Å². The number of hydrogen-bond donors (Lipinski definition) is 2. The molecule has 0 saturated carbocycles. The first-order chi connectivity index (χ1) is 15.1. The van der Waals surface area contributed by atoms with Crippen LogP contribution in [0.25, 0.3) is 0 Å². The van der Waals surface area contributed by atoms with E-state index in [0.29, 0.717) is 30.7 Å². The molecule has 0 bridgehead atoms. The van der Waals surface area contributed by atoms with Gasteiger partial charge in [0.15, 0.2) is 0 Å². The number of rotatable bonds is 14. The number of unbranched alkanes of at least 4 members (excludes halogenated alkanes) is 5. The Hall–Kier alpha value is -2.86. The SMILES string of the molecule is CCCCCCCCOc1ccc(C(=O)Oc2ccc(C=NCCCO)c(O)c2)cc1. The minimum Gasteiger partial charge on any atom is -0.507 e. The van der Waals surface area contributed by atoms with Gasteiger partial charge in [-0.3, -0.25) is 4.99 Å². The molecule has 0 atom stereocenters. The molecule has 2 rings (SSSR count). The van der Waals surface area contributed by atoms with Crippen LogP contribution in [0.2, 0.25) is 0 Å². The first-order valence-corrected chi connectivity index (χ1v) is 11.0. The summed E-state index contributed by atoms with van der Waals surface area (Å²) in [4.78, 5) is 16.5. The Bertz CT molecular complexity index is 817. The molecular formula is C25H33NO5. The standard InChI is InChI=1S/C25H33NO5/c1-2-3-4-5-6-7-17-30-22-12-9-20(10-13-22)25(29)31-23-14-11-21(24(28)18-23)19-26-15-8-16-27/h9-14,18-19,27-28H,2-8,15-17H2,1H3. The average Bonchev–Trinajstić information content (AvgIpc) is 2.77. The molecule has 0 aliphatic heterocycles. The minimum absolute atomic E-state index is 0.0310. The highest BCUT2D eigenvalue weighted by atomic mass is 16.5. The van der Waals surface area contributed by atoms with Crippen molar-refractivity contribution in [1.29, 1.82) is 0 Å². The van der Waals surface area contributed by atoms with Crippen molar-refractivity contribution in [3.05, 3.63) is 53.6 Å². The highest BCUT2D eigenvalue weighted by Crippen LogP contribution is 2.23. The number of phenols is 1. The van der Waals surface area contributed by atoms with Gasteiger partial charge < -0.3 is 19.7 Å². The van der Waals surface area contributed by atoms with Crippen LogP contribution < -0.4 is 9.47 Å². The number of nitrogens with zero attached hydrogens (tertiary/aromatic N) is 1. The Morgan fingerprint density at radius 3 is 2.39 bits per heavy atom. The molecule has 0 fully saturated rings. The second-order valence-corrected chi connectivity index (χ2v) is 7.36. The number of aromatic hydroxyl groups is 1. The van der Waals surface area contributed by atoms with Crippen LogP contribution in [0.1, 0.15) is 67.8 Å². The highest BCUT2D eigenvalue weighted by Gasteiger charge is 2.10. The van der Waals surface area contributed by atoms with Crippen molar-refractivity contribution >= 4 is 12.2 Å². The van der Waals surface area contributed by atoms with E-state index in [9.17, 15) is 9.90 Å². The number of aliphatic imine (C=N–C) groups is 1. The number of phenolic OH excluding ortho intramolecular Hbond substituents is 1. The number of carbonyl (C=O) groups is 1. The molecule has 6 heteroatoms. The van der Waals surface area contributed by atoms with Crippen molar-refractivity contribution in [2.45, 2.75) is 51.9 Å². The summed E-state index contributed by atoms with van der Waals surface area (Å²) in [6.07, 6.45) is 9.36. The molecule has 2 N–H and O–H groups in total. The highest BCUT2D eigenvalue weighted by molar-refractivity contribution is 5.91. The van der Waals surface area contributed by atoms with Crippen LogP contribution in [0, 0.1) is 0 Å². The molecular weight excluding hydrogens is 394 g/mol. The van der Waals surface area contributed by atoms with Crippen molar-refractivity contribution in [2.24, 2.45) is 4.99 Å². The number of esters is 1. The maximum Gasteiger partial charge on any atom is 0.343 e. The average molecular weight is 428 g/mol. The van der Waals surface area contributed by atoms with Gasteiger partial charge in [-0.05, 0) is 49.2 Å². The van der Waals surface area contributed by atoms with E-state index in [2.05, 4.69) is 11.9 Å². The van der Waals surface area contributed by atoms with Crippen LogP contribution in [0.15, 0.2) is 47.5 Å². The van der Waals surface area contributed by atoms with Gasteiger partial charge in [0.05, 0.1) is 12.2 Å². The number of hydrogen-bond acceptors (Lipinski definition) is 6. The molecule has 31 heavy (non-hydrogen) atoms. The Balaban J connectivity index is 1.80. The fraction of sp³-hybridized carbons (Fsp3) is 0.440. The number of carbonyl (C=O) groups excluding carboxylic acids is 1. The molecule has 0 spiro atoms. The van der Waals surface area contributed by atoms with Gasteiger partial charge in [0.2, 0.25) is 0 Å². The molecule has 0 aromatic heterocycles. The molecule has 6 nitrogen and oxygen atoms in total. The summed E-state index contributed by atoms with van der Waals surface area (Å²) in [6, 6.07) is 11.5. The molecule has 0 heterocycles. The van der Waals surface area contributed by atoms with Gasteiger partial charge in [-0.2, -0.15) is 0 Å². The van der Waals surface area contributed by atoms with E-state index in [1.807, 2.05) is 0 Å². The van der Waals surface area contributed by atoms with Crippen molar-refractivity contribution < 1.29 is 24.5 Å². The van der Waals surface area contributed by atoms with Gasteiger partial charge in [0.25, 0.3) is 0 Å². The van der Waals surface area contributed by atoms with Crippen molar-refractivity contribution in [1.82, 2.24) is 0 Å². The van der Waals surface area contributed by atoms with Crippen LogP contribution in [-0.2, 0) is 0 Å². The van der Waals surface area contributed by atoms with E-state index in [-0.39, 0.29) is 18.1 Å². The first-order valence-electron chi connectivity index (χ1n) is 11.0. The maximum atomic E-state index is 12.4. The summed E-state index contributed by atoms with van der Waals surface area (Å²) < 4.78 is 11.1. The van der Waals surface area contributed by atoms with E-state index in [4.69, 9.17) is 14.6 Å². The maximum absolute atomic E-state index is 12.4. The molecule has 2 aromatic rings. The lowest BCUT2D eigenvalue weighted by Gasteiger charge is -2.08. The summed E-state index contributed by atoms with van der Waals surface area (Å²) >= 11 is 0. The van der Waals surface area contributed by atoms with Crippen LogP contribution in [0.5, 0.6) is 17.2 Å². The summed E-state index contributed by atoms with van der Waals surface area (Å²) in [5.41, 5.74) is 0.922. The Morgan fingerprint density at radius 1 is 0.968 bits per heavy atom. The normalized spacial score (nSPS) is 11.0. The zero-order chi connectivity index (χ0) is 22.3. The van der Waals surface area contributed by atoms with Gasteiger partial charge in [-0.25, -0.2) is 4.79 Å². The van der Waals surface area contributed by atoms with Gasteiger partial charge in [-0.1, -0.05) is 39.0 Å². The predicted octanol–water partition coefficient (Wildman–Crippen LogP) is 5.15. The van der Waals surface area contributed by atoms with Gasteiger partial charge >= 0.3 is 5.97 Å². The fourth-order valence-corrected chi connectivity index (χ4v) is 2.95. The number of ether oxygens (including phenoxy) is 2. The number of benzene rings is 2. The molecule has 0 unspecified atom stereocenters. The smallest absolute Gasteiger partial charge is 0.343 e. The van der Waals surface area contributed by atoms with Crippen molar-refractivity contribution in [3.63, 3.8) is 0 Å².